The van der Waals surface area contributed by atoms with Gasteiger partial charge in [0.15, 0.2) is 5.12 Å². The minimum Gasteiger partial charge on any atom is -0.380 e. The lowest BCUT2D eigenvalue weighted by atomic mass is 10.0. The highest BCUT2D eigenvalue weighted by atomic mass is 32.2. The summed E-state index contributed by atoms with van der Waals surface area (Å²) in [6, 6.07) is 0. The molecule has 0 N–H and O–H groups in total. The number of amides is 2. The number of thioether (sulfide) groups is 1. The molecular weight excluding hydrogens is 426 g/mol. The van der Waals surface area contributed by atoms with Crippen LogP contribution in [0.1, 0.15) is 66.7 Å². The van der Waals surface area contributed by atoms with Gasteiger partial charge in [-0.05, 0) is 40.5 Å². The number of imide groups is 1. The summed E-state index contributed by atoms with van der Waals surface area (Å²) in [5.74, 6) is -1.03. The Balaban J connectivity index is 2.17. The van der Waals surface area contributed by atoms with Gasteiger partial charge in [0.25, 0.3) is 11.8 Å². The molecule has 0 aliphatic carbocycles. The molecule has 2 amide bonds. The first-order valence-corrected chi connectivity index (χ1v) is 11.5. The molecule has 0 atom stereocenters. The standard InChI is InChI=1S/C21H35NO8S/c1-16(23)31-15-14-27-12-9-20(2,3)29-13-10-21(4,5)28-11-8-19(26)30-22-17(24)6-7-18(22)25/h6-15H2,1-5H3. The molecule has 0 unspecified atom stereocenters. The Bertz CT molecular complexity index is 619. The maximum atomic E-state index is 11.8. The summed E-state index contributed by atoms with van der Waals surface area (Å²) >= 11 is 1.25. The molecule has 31 heavy (non-hydrogen) atoms. The van der Waals surface area contributed by atoms with Crippen molar-refractivity contribution in [3.8, 4) is 0 Å². The molecule has 1 fully saturated rings. The Hall–Kier alpha value is -1.49. The number of carbonyl (C=O) groups is 4. The molecule has 9 nitrogen and oxygen atoms in total. The molecule has 0 aromatic heterocycles. The van der Waals surface area contributed by atoms with Crippen LogP contribution in [0.5, 0.6) is 0 Å². The average molecular weight is 462 g/mol. The fraction of sp³-hybridized carbons (Fsp3) is 0.810. The average Bonchev–Trinajstić information content (AvgIpc) is 2.95. The van der Waals surface area contributed by atoms with Gasteiger partial charge in [-0.3, -0.25) is 14.4 Å². The number of rotatable bonds is 15. The van der Waals surface area contributed by atoms with E-state index in [9.17, 15) is 19.2 Å². The van der Waals surface area contributed by atoms with Crippen LogP contribution in [0.4, 0.5) is 0 Å². The molecule has 0 saturated carbocycles. The van der Waals surface area contributed by atoms with Crippen molar-refractivity contribution >= 4 is 34.7 Å². The minimum atomic E-state index is -0.682. The van der Waals surface area contributed by atoms with E-state index >= 15 is 0 Å². The van der Waals surface area contributed by atoms with Gasteiger partial charge >= 0.3 is 5.97 Å². The molecule has 178 valence electrons. The van der Waals surface area contributed by atoms with E-state index in [0.717, 1.165) is 6.42 Å². The van der Waals surface area contributed by atoms with Crippen molar-refractivity contribution in [2.75, 3.05) is 32.2 Å². The van der Waals surface area contributed by atoms with E-state index < -0.39 is 23.4 Å². The van der Waals surface area contributed by atoms with Gasteiger partial charge in [0, 0.05) is 32.1 Å². The van der Waals surface area contributed by atoms with E-state index in [1.54, 1.807) is 0 Å². The Morgan fingerprint density at radius 2 is 1.45 bits per heavy atom. The highest BCUT2D eigenvalue weighted by molar-refractivity contribution is 8.13. The van der Waals surface area contributed by atoms with Crippen molar-refractivity contribution in [2.24, 2.45) is 0 Å². The van der Waals surface area contributed by atoms with Crippen LogP contribution in [0.2, 0.25) is 0 Å². The second-order valence-electron chi connectivity index (χ2n) is 8.46. The highest BCUT2D eigenvalue weighted by Crippen LogP contribution is 2.20. The Morgan fingerprint density at radius 3 is 2.03 bits per heavy atom. The van der Waals surface area contributed by atoms with Gasteiger partial charge in [0.05, 0.1) is 37.4 Å². The zero-order chi connectivity index (χ0) is 23.5. The number of hydrogen-bond acceptors (Lipinski definition) is 9. The third-order valence-electron chi connectivity index (χ3n) is 4.58. The van der Waals surface area contributed by atoms with Gasteiger partial charge in [-0.1, -0.05) is 11.8 Å². The van der Waals surface area contributed by atoms with Gasteiger partial charge in [0.2, 0.25) is 0 Å². The van der Waals surface area contributed by atoms with E-state index in [1.165, 1.54) is 18.7 Å². The molecule has 1 aliphatic rings. The maximum Gasteiger partial charge on any atom is 0.335 e. The molecule has 0 spiro atoms. The zero-order valence-corrected chi connectivity index (χ0v) is 20.0. The summed E-state index contributed by atoms with van der Waals surface area (Å²) in [5, 5.41) is 0.626. The maximum absolute atomic E-state index is 11.8. The Labute approximate surface area is 188 Å². The van der Waals surface area contributed by atoms with Crippen LogP contribution < -0.4 is 0 Å². The second-order valence-corrected chi connectivity index (χ2v) is 9.74. The Morgan fingerprint density at radius 1 is 0.903 bits per heavy atom. The molecular formula is C21H35NO8S. The molecule has 1 heterocycles. The minimum absolute atomic E-state index is 0.0634. The fourth-order valence-electron chi connectivity index (χ4n) is 2.60. The lowest BCUT2D eigenvalue weighted by molar-refractivity contribution is -0.198. The number of nitrogens with zero attached hydrogens (tertiary/aromatic N) is 1. The van der Waals surface area contributed by atoms with Crippen molar-refractivity contribution < 1.29 is 38.2 Å². The van der Waals surface area contributed by atoms with Gasteiger partial charge < -0.3 is 19.0 Å². The predicted octanol–water partition coefficient (Wildman–Crippen LogP) is 2.65. The van der Waals surface area contributed by atoms with Crippen molar-refractivity contribution in [3.05, 3.63) is 0 Å². The van der Waals surface area contributed by atoms with Crippen LogP contribution in [0, 0.1) is 0 Å². The molecule has 10 heteroatoms. The first-order valence-electron chi connectivity index (χ1n) is 10.5. The summed E-state index contributed by atoms with van der Waals surface area (Å²) in [6.45, 7) is 11.0. The largest absolute Gasteiger partial charge is 0.380 e. The molecule has 0 aromatic carbocycles. The summed E-state index contributed by atoms with van der Waals surface area (Å²) in [4.78, 5) is 50.4. The van der Waals surface area contributed by atoms with Crippen LogP contribution >= 0.6 is 11.8 Å². The molecule has 0 aromatic rings. The summed E-state index contributed by atoms with van der Waals surface area (Å²) < 4.78 is 17.2. The first kappa shape index (κ1) is 27.5. The number of ether oxygens (including phenoxy) is 3. The van der Waals surface area contributed by atoms with Gasteiger partial charge in [0.1, 0.15) is 0 Å². The third kappa shape index (κ3) is 12.2. The van der Waals surface area contributed by atoms with E-state index in [1.807, 2.05) is 27.7 Å². The van der Waals surface area contributed by atoms with E-state index in [4.69, 9.17) is 19.0 Å². The van der Waals surface area contributed by atoms with Crippen LogP contribution in [0.3, 0.4) is 0 Å². The quantitative estimate of drug-likeness (QED) is 0.268. The predicted molar refractivity (Wildman–Crippen MR) is 115 cm³/mol. The van der Waals surface area contributed by atoms with Crippen molar-refractivity contribution in [1.82, 2.24) is 5.06 Å². The summed E-state index contributed by atoms with van der Waals surface area (Å²) in [5.41, 5.74) is -0.877. The monoisotopic (exact) mass is 461 g/mol. The normalized spacial score (nSPS) is 14.9. The van der Waals surface area contributed by atoms with E-state index in [2.05, 4.69) is 0 Å². The zero-order valence-electron chi connectivity index (χ0n) is 19.2. The SMILES string of the molecule is CC(=O)SCCOCCC(C)(C)OCCC(C)(C)OCCC(=O)ON1C(=O)CCC1=O. The second kappa shape index (κ2) is 13.1. The lowest BCUT2D eigenvalue weighted by Gasteiger charge is -2.29. The topological polar surface area (TPSA) is 108 Å². The lowest BCUT2D eigenvalue weighted by Crippen LogP contribution is -2.34. The van der Waals surface area contributed by atoms with Crippen LogP contribution in [0.15, 0.2) is 0 Å². The first-order chi connectivity index (χ1) is 14.4. The number of hydrogen-bond donors (Lipinski definition) is 0. The molecule has 1 aliphatic heterocycles. The van der Waals surface area contributed by atoms with Crippen molar-refractivity contribution in [2.45, 2.75) is 77.9 Å². The van der Waals surface area contributed by atoms with Crippen LogP contribution in [-0.2, 0) is 38.2 Å². The van der Waals surface area contributed by atoms with Gasteiger partial charge in [-0.25, -0.2) is 4.79 Å². The molecule has 0 radical (unpaired) electrons. The van der Waals surface area contributed by atoms with E-state index in [-0.39, 0.29) is 36.6 Å². The van der Waals surface area contributed by atoms with Crippen molar-refractivity contribution in [3.63, 3.8) is 0 Å². The molecule has 1 saturated heterocycles. The highest BCUT2D eigenvalue weighted by Gasteiger charge is 2.33. The Kier molecular flexibility index (Phi) is 11.7. The molecule has 0 bridgehead atoms. The number of carbonyl (C=O) groups excluding carboxylic acids is 4. The molecule has 1 rings (SSSR count). The number of hydroxylamine groups is 2. The van der Waals surface area contributed by atoms with Gasteiger partial charge in [-0.15, -0.1) is 5.06 Å². The smallest absolute Gasteiger partial charge is 0.335 e. The van der Waals surface area contributed by atoms with Crippen LogP contribution in [0.25, 0.3) is 0 Å². The van der Waals surface area contributed by atoms with Gasteiger partial charge in [-0.2, -0.15) is 0 Å². The van der Waals surface area contributed by atoms with Crippen molar-refractivity contribution in [1.29, 1.82) is 0 Å². The summed E-state index contributed by atoms with van der Waals surface area (Å²) in [7, 11) is 0. The fourth-order valence-corrected chi connectivity index (χ4v) is 3.09. The summed E-state index contributed by atoms with van der Waals surface area (Å²) in [6.07, 6.45) is 1.41. The van der Waals surface area contributed by atoms with Crippen LogP contribution in [-0.4, -0.2) is 71.3 Å². The van der Waals surface area contributed by atoms with E-state index in [0.29, 0.717) is 37.1 Å². The third-order valence-corrected chi connectivity index (χ3v) is 5.35.